The Hall–Kier alpha value is -0.870. The van der Waals surface area contributed by atoms with E-state index in [9.17, 15) is 4.79 Å². The minimum atomic E-state index is -0.427. The highest BCUT2D eigenvalue weighted by atomic mass is 16.6. The number of esters is 1. The van der Waals surface area contributed by atoms with Crippen molar-refractivity contribution < 1.29 is 19.0 Å². The number of carbonyl (C=O) groups is 1. The van der Waals surface area contributed by atoms with E-state index in [-0.39, 0.29) is 12.2 Å². The zero-order valence-electron chi connectivity index (χ0n) is 9.69. The minimum absolute atomic E-state index is 0.00910. The van der Waals surface area contributed by atoms with Gasteiger partial charge in [-0.2, -0.15) is 0 Å². The normalized spacial score (nSPS) is 14.3. The second kappa shape index (κ2) is 8.44. The summed E-state index contributed by atoms with van der Waals surface area (Å²) in [6.45, 7) is 10.5. The van der Waals surface area contributed by atoms with Crippen LogP contribution in [0.5, 0.6) is 0 Å². The second-order valence-electron chi connectivity index (χ2n) is 3.26. The van der Waals surface area contributed by atoms with Gasteiger partial charge in [-0.15, -0.1) is 0 Å². The summed E-state index contributed by atoms with van der Waals surface area (Å²) in [6, 6.07) is 0. The summed E-state index contributed by atoms with van der Waals surface area (Å²) in [5.41, 5.74) is 0. The first-order valence-corrected chi connectivity index (χ1v) is 5.12. The quantitative estimate of drug-likeness (QED) is 0.456. The van der Waals surface area contributed by atoms with Gasteiger partial charge >= 0.3 is 5.97 Å². The van der Waals surface area contributed by atoms with Crippen LogP contribution in [0, 0.1) is 0 Å². The van der Waals surface area contributed by atoms with Crippen molar-refractivity contribution in [2.24, 2.45) is 0 Å². The van der Waals surface area contributed by atoms with Crippen molar-refractivity contribution in [1.82, 2.24) is 0 Å². The van der Waals surface area contributed by atoms with Crippen molar-refractivity contribution in [2.45, 2.75) is 33.0 Å². The van der Waals surface area contributed by atoms with Gasteiger partial charge in [0.05, 0.1) is 19.3 Å². The average molecular weight is 216 g/mol. The summed E-state index contributed by atoms with van der Waals surface area (Å²) in [5, 5.41) is 0. The molecule has 88 valence electrons. The first-order chi connectivity index (χ1) is 7.10. The predicted molar refractivity (Wildman–Crippen MR) is 57.7 cm³/mol. The fraction of sp³-hybridized carbons (Fsp3) is 0.727. The van der Waals surface area contributed by atoms with E-state index in [1.165, 1.54) is 0 Å². The van der Waals surface area contributed by atoms with Gasteiger partial charge in [-0.05, 0) is 20.8 Å². The third-order valence-corrected chi connectivity index (χ3v) is 1.66. The van der Waals surface area contributed by atoms with E-state index in [1.807, 2.05) is 13.8 Å². The molecule has 0 aromatic carbocycles. The van der Waals surface area contributed by atoms with Crippen molar-refractivity contribution in [2.75, 3.05) is 19.8 Å². The van der Waals surface area contributed by atoms with Crippen LogP contribution in [0.25, 0.3) is 0 Å². The molecular formula is C11H20O4. The molecule has 0 aromatic rings. The van der Waals surface area contributed by atoms with Gasteiger partial charge in [0, 0.05) is 12.7 Å². The fourth-order valence-corrected chi connectivity index (χ4v) is 0.912. The zero-order chi connectivity index (χ0) is 11.7. The van der Waals surface area contributed by atoms with Gasteiger partial charge in [0.15, 0.2) is 0 Å². The van der Waals surface area contributed by atoms with Crippen LogP contribution in [-0.4, -0.2) is 38.0 Å². The van der Waals surface area contributed by atoms with Gasteiger partial charge in [-0.3, -0.25) is 0 Å². The first-order valence-electron chi connectivity index (χ1n) is 5.12. The SMILES string of the molecule is C=CC(=O)OC(C)COC(C)COCC. The summed E-state index contributed by atoms with van der Waals surface area (Å²) in [4.78, 5) is 10.8. The standard InChI is InChI=1S/C11H20O4/c1-5-11(12)15-10(4)8-14-9(3)7-13-6-2/h5,9-10H,1,6-8H2,2-4H3. The van der Waals surface area contributed by atoms with Crippen LogP contribution < -0.4 is 0 Å². The second-order valence-corrected chi connectivity index (χ2v) is 3.26. The molecule has 0 saturated heterocycles. The Morgan fingerprint density at radius 2 is 2.00 bits per heavy atom. The van der Waals surface area contributed by atoms with Crippen LogP contribution in [0.15, 0.2) is 12.7 Å². The van der Waals surface area contributed by atoms with E-state index < -0.39 is 5.97 Å². The molecule has 0 N–H and O–H groups in total. The van der Waals surface area contributed by atoms with E-state index in [2.05, 4.69) is 6.58 Å². The Labute approximate surface area is 91.2 Å². The Kier molecular flexibility index (Phi) is 7.95. The van der Waals surface area contributed by atoms with E-state index in [0.717, 1.165) is 6.08 Å². The molecule has 0 heterocycles. The molecule has 0 spiro atoms. The molecule has 0 aliphatic rings. The predicted octanol–water partition coefficient (Wildman–Crippen LogP) is 1.55. The van der Waals surface area contributed by atoms with Gasteiger partial charge in [0.1, 0.15) is 6.10 Å². The lowest BCUT2D eigenvalue weighted by Crippen LogP contribution is -2.24. The Balaban J connectivity index is 3.56. The molecule has 0 aliphatic heterocycles. The van der Waals surface area contributed by atoms with Gasteiger partial charge in [0.25, 0.3) is 0 Å². The maximum atomic E-state index is 10.8. The molecule has 0 bridgehead atoms. The molecule has 0 radical (unpaired) electrons. The highest BCUT2D eigenvalue weighted by Crippen LogP contribution is 1.98. The smallest absolute Gasteiger partial charge is 0.330 e. The van der Waals surface area contributed by atoms with E-state index >= 15 is 0 Å². The molecular weight excluding hydrogens is 196 g/mol. The zero-order valence-corrected chi connectivity index (χ0v) is 9.69. The number of hydrogen-bond donors (Lipinski definition) is 0. The van der Waals surface area contributed by atoms with Crippen LogP contribution in [0.4, 0.5) is 0 Å². The van der Waals surface area contributed by atoms with Crippen LogP contribution in [0.3, 0.4) is 0 Å². The molecule has 0 fully saturated rings. The van der Waals surface area contributed by atoms with Gasteiger partial charge < -0.3 is 14.2 Å². The Morgan fingerprint density at radius 3 is 2.53 bits per heavy atom. The number of hydrogen-bond acceptors (Lipinski definition) is 4. The van der Waals surface area contributed by atoms with E-state index in [1.54, 1.807) is 6.92 Å². The summed E-state index contributed by atoms with van der Waals surface area (Å²) < 4.78 is 15.5. The van der Waals surface area contributed by atoms with Crippen molar-refractivity contribution in [3.05, 3.63) is 12.7 Å². The summed E-state index contributed by atoms with van der Waals surface area (Å²) in [5.74, 6) is -0.427. The monoisotopic (exact) mass is 216 g/mol. The summed E-state index contributed by atoms with van der Waals surface area (Å²) in [7, 11) is 0. The number of ether oxygens (including phenoxy) is 3. The lowest BCUT2D eigenvalue weighted by Gasteiger charge is -2.16. The highest BCUT2D eigenvalue weighted by Gasteiger charge is 2.09. The minimum Gasteiger partial charge on any atom is -0.457 e. The molecule has 0 aromatic heterocycles. The van der Waals surface area contributed by atoms with Crippen molar-refractivity contribution in [3.63, 3.8) is 0 Å². The van der Waals surface area contributed by atoms with Crippen LogP contribution >= 0.6 is 0 Å². The van der Waals surface area contributed by atoms with E-state index in [0.29, 0.717) is 19.8 Å². The third-order valence-electron chi connectivity index (χ3n) is 1.66. The molecule has 2 atom stereocenters. The molecule has 4 heteroatoms. The van der Waals surface area contributed by atoms with Crippen LogP contribution in [0.1, 0.15) is 20.8 Å². The lowest BCUT2D eigenvalue weighted by molar-refractivity contribution is -0.146. The summed E-state index contributed by atoms with van der Waals surface area (Å²) >= 11 is 0. The molecule has 0 amide bonds. The lowest BCUT2D eigenvalue weighted by atomic mass is 10.4. The average Bonchev–Trinajstić information content (AvgIpc) is 2.23. The molecule has 0 saturated carbocycles. The van der Waals surface area contributed by atoms with Crippen molar-refractivity contribution in [3.8, 4) is 0 Å². The fourth-order valence-electron chi connectivity index (χ4n) is 0.912. The Morgan fingerprint density at radius 1 is 1.33 bits per heavy atom. The molecule has 0 rings (SSSR count). The van der Waals surface area contributed by atoms with Crippen LogP contribution in [-0.2, 0) is 19.0 Å². The first kappa shape index (κ1) is 14.1. The van der Waals surface area contributed by atoms with E-state index in [4.69, 9.17) is 14.2 Å². The molecule has 2 unspecified atom stereocenters. The highest BCUT2D eigenvalue weighted by molar-refractivity contribution is 5.81. The molecule has 4 nitrogen and oxygen atoms in total. The number of rotatable bonds is 8. The largest absolute Gasteiger partial charge is 0.457 e. The molecule has 0 aliphatic carbocycles. The van der Waals surface area contributed by atoms with Gasteiger partial charge in [-0.25, -0.2) is 4.79 Å². The van der Waals surface area contributed by atoms with Crippen molar-refractivity contribution >= 4 is 5.97 Å². The van der Waals surface area contributed by atoms with Gasteiger partial charge in [0.2, 0.25) is 0 Å². The topological polar surface area (TPSA) is 44.8 Å². The maximum Gasteiger partial charge on any atom is 0.330 e. The summed E-state index contributed by atoms with van der Waals surface area (Å²) in [6.07, 6.45) is 0.884. The third kappa shape index (κ3) is 8.15. The van der Waals surface area contributed by atoms with Crippen LogP contribution in [0.2, 0.25) is 0 Å². The van der Waals surface area contributed by atoms with Crippen molar-refractivity contribution in [1.29, 1.82) is 0 Å². The Bertz CT molecular complexity index is 191. The molecule has 15 heavy (non-hydrogen) atoms. The number of carbonyl (C=O) groups excluding carboxylic acids is 1. The van der Waals surface area contributed by atoms with Gasteiger partial charge in [-0.1, -0.05) is 6.58 Å². The maximum absolute atomic E-state index is 10.8.